The third kappa shape index (κ3) is 5.85. The fourth-order valence-corrected chi connectivity index (χ4v) is 2.96. The average molecular weight is 419 g/mol. The van der Waals surface area contributed by atoms with Crippen LogP contribution in [-0.2, 0) is 16.0 Å². The molecule has 0 aliphatic rings. The highest BCUT2D eigenvalue weighted by molar-refractivity contribution is 6.00. The molecule has 31 heavy (non-hydrogen) atoms. The Balaban J connectivity index is 2.07. The summed E-state index contributed by atoms with van der Waals surface area (Å²) in [6.45, 7) is 4.34. The van der Waals surface area contributed by atoms with Crippen molar-refractivity contribution in [3.63, 3.8) is 0 Å². The Morgan fingerprint density at radius 3 is 2.06 bits per heavy atom. The Morgan fingerprint density at radius 2 is 1.42 bits per heavy atom. The van der Waals surface area contributed by atoms with Gasteiger partial charge in [0.25, 0.3) is 0 Å². The van der Waals surface area contributed by atoms with Crippen molar-refractivity contribution in [1.82, 2.24) is 0 Å². The minimum atomic E-state index is -0.581. The molecule has 3 aromatic carbocycles. The Morgan fingerprint density at radius 1 is 0.806 bits per heavy atom. The Labute approximate surface area is 181 Å². The standard InChI is InChI=1S/C25H25NO5/c1-3-29-24(27)19-15-21(25(28)30-4-2)23(31-20-13-9-6-10-14-20)22(16-19)26-17-18-11-7-5-8-12-18/h5-16,26H,3-4,17H2,1-2H3. The second-order valence-electron chi connectivity index (χ2n) is 6.60. The van der Waals surface area contributed by atoms with Gasteiger partial charge in [0.2, 0.25) is 0 Å². The van der Waals surface area contributed by atoms with Gasteiger partial charge in [0, 0.05) is 6.54 Å². The van der Waals surface area contributed by atoms with Gasteiger partial charge in [-0.25, -0.2) is 9.59 Å². The minimum absolute atomic E-state index is 0.145. The van der Waals surface area contributed by atoms with Crippen molar-refractivity contribution in [1.29, 1.82) is 0 Å². The maximum atomic E-state index is 12.7. The maximum Gasteiger partial charge on any atom is 0.342 e. The van der Waals surface area contributed by atoms with E-state index in [1.54, 1.807) is 32.0 Å². The summed E-state index contributed by atoms with van der Waals surface area (Å²) in [4.78, 5) is 25.2. The summed E-state index contributed by atoms with van der Waals surface area (Å²) in [5.74, 6) is -0.266. The van der Waals surface area contributed by atoms with Crippen molar-refractivity contribution in [2.24, 2.45) is 0 Å². The van der Waals surface area contributed by atoms with E-state index in [1.165, 1.54) is 6.07 Å². The molecule has 0 amide bonds. The number of benzene rings is 3. The quantitative estimate of drug-likeness (QED) is 0.465. The molecule has 0 saturated carbocycles. The summed E-state index contributed by atoms with van der Waals surface area (Å²) in [5.41, 5.74) is 1.90. The van der Waals surface area contributed by atoms with Crippen LogP contribution >= 0.6 is 0 Å². The number of para-hydroxylation sites is 1. The molecule has 1 N–H and O–H groups in total. The van der Waals surface area contributed by atoms with Gasteiger partial charge in [0.15, 0.2) is 5.75 Å². The summed E-state index contributed by atoms with van der Waals surface area (Å²) >= 11 is 0. The molecule has 0 spiro atoms. The zero-order valence-corrected chi connectivity index (χ0v) is 17.6. The van der Waals surface area contributed by atoms with Gasteiger partial charge >= 0.3 is 11.9 Å². The monoisotopic (exact) mass is 419 g/mol. The van der Waals surface area contributed by atoms with Crippen LogP contribution in [0.4, 0.5) is 5.69 Å². The van der Waals surface area contributed by atoms with Crippen molar-refractivity contribution < 1.29 is 23.8 Å². The lowest BCUT2D eigenvalue weighted by Gasteiger charge is -2.18. The molecule has 0 bridgehead atoms. The van der Waals surface area contributed by atoms with Crippen LogP contribution in [0.2, 0.25) is 0 Å². The number of ether oxygens (including phenoxy) is 3. The van der Waals surface area contributed by atoms with Crippen molar-refractivity contribution in [3.8, 4) is 11.5 Å². The van der Waals surface area contributed by atoms with Gasteiger partial charge in [0.05, 0.1) is 24.5 Å². The van der Waals surface area contributed by atoms with Crippen LogP contribution in [0.25, 0.3) is 0 Å². The smallest absolute Gasteiger partial charge is 0.342 e. The largest absolute Gasteiger partial charge is 0.462 e. The molecular formula is C25H25NO5. The van der Waals surface area contributed by atoms with E-state index in [0.717, 1.165) is 5.56 Å². The number of esters is 2. The molecule has 6 nitrogen and oxygen atoms in total. The predicted octanol–water partition coefficient (Wildman–Crippen LogP) is 5.44. The van der Waals surface area contributed by atoms with Crippen molar-refractivity contribution >= 4 is 17.6 Å². The molecule has 3 aromatic rings. The Hall–Kier alpha value is -3.80. The number of hydrogen-bond donors (Lipinski definition) is 1. The number of nitrogens with one attached hydrogen (secondary N) is 1. The first-order chi connectivity index (χ1) is 15.1. The first-order valence-corrected chi connectivity index (χ1v) is 10.1. The normalized spacial score (nSPS) is 10.3. The summed E-state index contributed by atoms with van der Waals surface area (Å²) in [5, 5.41) is 3.28. The highest BCUT2D eigenvalue weighted by Gasteiger charge is 2.23. The van der Waals surface area contributed by atoms with Gasteiger partial charge in [-0.15, -0.1) is 0 Å². The van der Waals surface area contributed by atoms with E-state index in [1.807, 2.05) is 48.5 Å². The Kier molecular flexibility index (Phi) is 7.65. The van der Waals surface area contributed by atoms with Crippen LogP contribution in [0.3, 0.4) is 0 Å². The zero-order chi connectivity index (χ0) is 22.1. The van der Waals surface area contributed by atoms with Crippen molar-refractivity contribution in [3.05, 3.63) is 89.5 Å². The van der Waals surface area contributed by atoms with Gasteiger partial charge in [-0.3, -0.25) is 0 Å². The van der Waals surface area contributed by atoms with E-state index in [2.05, 4.69) is 5.32 Å². The van der Waals surface area contributed by atoms with Crippen LogP contribution < -0.4 is 10.1 Å². The lowest BCUT2D eigenvalue weighted by atomic mass is 10.1. The van der Waals surface area contributed by atoms with E-state index in [4.69, 9.17) is 14.2 Å². The minimum Gasteiger partial charge on any atom is -0.462 e. The Bertz CT molecular complexity index is 1020. The second-order valence-corrected chi connectivity index (χ2v) is 6.60. The molecule has 0 aliphatic carbocycles. The van der Waals surface area contributed by atoms with E-state index in [9.17, 15) is 9.59 Å². The number of hydrogen-bond acceptors (Lipinski definition) is 6. The topological polar surface area (TPSA) is 73.9 Å². The third-order valence-electron chi connectivity index (χ3n) is 4.38. The molecular weight excluding hydrogens is 394 g/mol. The molecule has 0 heterocycles. The highest BCUT2D eigenvalue weighted by Crippen LogP contribution is 2.36. The van der Waals surface area contributed by atoms with E-state index < -0.39 is 11.9 Å². The average Bonchev–Trinajstić information content (AvgIpc) is 2.80. The van der Waals surface area contributed by atoms with Crippen LogP contribution in [0.5, 0.6) is 11.5 Å². The number of carbonyl (C=O) groups excluding carboxylic acids is 2. The van der Waals surface area contributed by atoms with Crippen molar-refractivity contribution in [2.75, 3.05) is 18.5 Å². The molecule has 6 heteroatoms. The molecule has 0 aromatic heterocycles. The molecule has 0 radical (unpaired) electrons. The molecule has 3 rings (SSSR count). The predicted molar refractivity (Wildman–Crippen MR) is 119 cm³/mol. The fourth-order valence-electron chi connectivity index (χ4n) is 2.96. The molecule has 0 atom stereocenters. The lowest BCUT2D eigenvalue weighted by Crippen LogP contribution is -2.13. The molecule has 0 aliphatic heterocycles. The van der Waals surface area contributed by atoms with Gasteiger partial charge < -0.3 is 19.5 Å². The SMILES string of the molecule is CCOC(=O)c1cc(NCc2ccccc2)c(Oc2ccccc2)c(C(=O)OCC)c1. The molecule has 0 fully saturated rings. The number of anilines is 1. The van der Waals surface area contributed by atoms with Gasteiger partial charge in [-0.2, -0.15) is 0 Å². The van der Waals surface area contributed by atoms with E-state index in [-0.39, 0.29) is 30.1 Å². The number of rotatable bonds is 9. The van der Waals surface area contributed by atoms with Crippen molar-refractivity contribution in [2.45, 2.75) is 20.4 Å². The fraction of sp³-hybridized carbons (Fsp3) is 0.200. The summed E-state index contributed by atoms with van der Waals surface area (Å²) < 4.78 is 16.4. The van der Waals surface area contributed by atoms with Gasteiger partial charge in [0.1, 0.15) is 11.3 Å². The lowest BCUT2D eigenvalue weighted by molar-refractivity contribution is 0.0523. The van der Waals surface area contributed by atoms with Crippen LogP contribution in [0.15, 0.2) is 72.8 Å². The first-order valence-electron chi connectivity index (χ1n) is 10.1. The van der Waals surface area contributed by atoms with Gasteiger partial charge in [-0.1, -0.05) is 48.5 Å². The molecule has 0 unspecified atom stereocenters. The van der Waals surface area contributed by atoms with Crippen LogP contribution in [0.1, 0.15) is 40.1 Å². The van der Waals surface area contributed by atoms with Crippen LogP contribution in [0, 0.1) is 0 Å². The third-order valence-corrected chi connectivity index (χ3v) is 4.38. The molecule has 160 valence electrons. The maximum absolute atomic E-state index is 12.7. The number of carbonyl (C=O) groups is 2. The second kappa shape index (κ2) is 10.8. The summed E-state index contributed by atoms with van der Waals surface area (Å²) in [6, 6.07) is 22.0. The first kappa shape index (κ1) is 21.9. The summed E-state index contributed by atoms with van der Waals surface area (Å²) in [7, 11) is 0. The summed E-state index contributed by atoms with van der Waals surface area (Å²) in [6.07, 6.45) is 0. The van der Waals surface area contributed by atoms with E-state index >= 15 is 0 Å². The van der Waals surface area contributed by atoms with E-state index in [0.29, 0.717) is 18.0 Å². The zero-order valence-electron chi connectivity index (χ0n) is 17.6. The highest BCUT2D eigenvalue weighted by atomic mass is 16.5. The molecule has 0 saturated heterocycles. The van der Waals surface area contributed by atoms with Gasteiger partial charge in [-0.05, 0) is 43.7 Å². The van der Waals surface area contributed by atoms with Crippen LogP contribution in [-0.4, -0.2) is 25.2 Å².